The van der Waals surface area contributed by atoms with Crippen LogP contribution in [-0.4, -0.2) is 31.2 Å². The molecule has 0 aromatic rings. The Hall–Kier alpha value is -0.760. The predicted octanol–water partition coefficient (Wildman–Crippen LogP) is 2.28. The molecule has 0 amide bonds. The van der Waals surface area contributed by atoms with E-state index in [-0.39, 0.29) is 6.54 Å². The lowest BCUT2D eigenvalue weighted by Crippen LogP contribution is -2.35. The lowest BCUT2D eigenvalue weighted by molar-refractivity contribution is -0.162. The van der Waals surface area contributed by atoms with Crippen molar-refractivity contribution in [2.45, 2.75) is 20.0 Å². The molecular formula is C9H15F3N2. The van der Waals surface area contributed by atoms with Crippen LogP contribution in [-0.2, 0) is 0 Å². The second-order valence-electron chi connectivity index (χ2n) is 3.84. The van der Waals surface area contributed by atoms with Gasteiger partial charge in [-0.3, -0.25) is 0 Å². The normalized spacial score (nSPS) is 14.5. The Labute approximate surface area is 82.3 Å². The van der Waals surface area contributed by atoms with Gasteiger partial charge in [-0.1, -0.05) is 13.8 Å². The van der Waals surface area contributed by atoms with Gasteiger partial charge >= 0.3 is 6.18 Å². The molecule has 0 aromatic heterocycles. The lowest BCUT2D eigenvalue weighted by Gasteiger charge is -2.22. The predicted molar refractivity (Wildman–Crippen MR) is 47.5 cm³/mol. The Morgan fingerprint density at radius 3 is 2.07 bits per heavy atom. The van der Waals surface area contributed by atoms with Crippen molar-refractivity contribution >= 4 is 0 Å². The lowest BCUT2D eigenvalue weighted by atomic mass is 10.1. The molecule has 0 aliphatic carbocycles. The van der Waals surface area contributed by atoms with Gasteiger partial charge in [-0.25, -0.2) is 0 Å². The van der Waals surface area contributed by atoms with Crippen molar-refractivity contribution in [2.24, 2.45) is 11.8 Å². The topological polar surface area (TPSA) is 27.0 Å². The monoisotopic (exact) mass is 208 g/mol. The summed E-state index contributed by atoms with van der Waals surface area (Å²) in [5.41, 5.74) is 0. The summed E-state index contributed by atoms with van der Waals surface area (Å²) in [6, 6.07) is 1.28. The molecule has 0 saturated carbocycles. The Balaban J connectivity index is 4.15. The Morgan fingerprint density at radius 2 is 1.79 bits per heavy atom. The van der Waals surface area contributed by atoms with Gasteiger partial charge in [0.2, 0.25) is 0 Å². The van der Waals surface area contributed by atoms with Gasteiger partial charge in [-0.05, 0) is 13.0 Å². The molecule has 82 valence electrons. The summed E-state index contributed by atoms with van der Waals surface area (Å²) in [6.45, 7) is 4.16. The van der Waals surface area contributed by atoms with Crippen LogP contribution < -0.4 is 0 Å². The van der Waals surface area contributed by atoms with Crippen LogP contribution in [0.1, 0.15) is 13.8 Å². The van der Waals surface area contributed by atoms with Crippen LogP contribution in [0.2, 0.25) is 0 Å². The molecule has 0 aliphatic heterocycles. The van der Waals surface area contributed by atoms with Crippen LogP contribution in [0.5, 0.6) is 0 Å². The Bertz CT molecular complexity index is 205. The van der Waals surface area contributed by atoms with Gasteiger partial charge in [0.05, 0.1) is 6.07 Å². The summed E-state index contributed by atoms with van der Waals surface area (Å²) >= 11 is 0. The Morgan fingerprint density at radius 1 is 1.29 bits per heavy atom. The van der Waals surface area contributed by atoms with Crippen LogP contribution in [0.3, 0.4) is 0 Å². The average molecular weight is 208 g/mol. The summed E-state index contributed by atoms with van der Waals surface area (Å²) in [6.07, 6.45) is -4.42. The molecule has 0 aromatic carbocycles. The molecule has 14 heavy (non-hydrogen) atoms. The quantitative estimate of drug-likeness (QED) is 0.708. The zero-order chi connectivity index (χ0) is 11.4. The van der Waals surface area contributed by atoms with E-state index in [0.29, 0.717) is 12.5 Å². The van der Waals surface area contributed by atoms with Crippen molar-refractivity contribution in [3.05, 3.63) is 0 Å². The maximum absolute atomic E-state index is 12.2. The third kappa shape index (κ3) is 5.07. The van der Waals surface area contributed by atoms with Crippen molar-refractivity contribution in [3.63, 3.8) is 0 Å². The SMILES string of the molecule is CC(C)CN(C)CC(C#N)C(F)(F)F. The smallest absolute Gasteiger partial charge is 0.304 e. The first-order valence-corrected chi connectivity index (χ1v) is 4.42. The number of nitrogens with zero attached hydrogens (tertiary/aromatic N) is 2. The van der Waals surface area contributed by atoms with E-state index in [0.717, 1.165) is 0 Å². The summed E-state index contributed by atoms with van der Waals surface area (Å²) in [5.74, 6) is -1.58. The first-order valence-electron chi connectivity index (χ1n) is 4.42. The minimum absolute atomic E-state index is 0.252. The average Bonchev–Trinajstić information content (AvgIpc) is 1.96. The maximum atomic E-state index is 12.2. The number of hydrogen-bond acceptors (Lipinski definition) is 2. The molecule has 5 heteroatoms. The number of nitriles is 1. The molecule has 0 saturated heterocycles. The number of halogens is 3. The van der Waals surface area contributed by atoms with Crippen LogP contribution in [0.25, 0.3) is 0 Å². The minimum Gasteiger partial charge on any atom is -0.304 e. The van der Waals surface area contributed by atoms with Crippen LogP contribution in [0.15, 0.2) is 0 Å². The fourth-order valence-electron chi connectivity index (χ4n) is 1.23. The second-order valence-corrected chi connectivity index (χ2v) is 3.84. The molecule has 2 nitrogen and oxygen atoms in total. The third-order valence-corrected chi connectivity index (χ3v) is 1.72. The van der Waals surface area contributed by atoms with E-state index in [1.54, 1.807) is 7.05 Å². The number of alkyl halides is 3. The number of hydrogen-bond donors (Lipinski definition) is 0. The van der Waals surface area contributed by atoms with E-state index in [4.69, 9.17) is 5.26 Å². The minimum atomic E-state index is -4.42. The van der Waals surface area contributed by atoms with Gasteiger partial charge < -0.3 is 4.90 Å². The molecule has 0 bridgehead atoms. The van der Waals surface area contributed by atoms with Crippen LogP contribution >= 0.6 is 0 Å². The van der Waals surface area contributed by atoms with Gasteiger partial charge in [0.15, 0.2) is 5.92 Å². The Kier molecular flexibility index (Phi) is 4.92. The van der Waals surface area contributed by atoms with Gasteiger partial charge in [0, 0.05) is 13.1 Å². The molecule has 1 unspecified atom stereocenters. The summed E-state index contributed by atoms with van der Waals surface area (Å²) < 4.78 is 36.5. The molecule has 0 fully saturated rings. The second kappa shape index (κ2) is 5.20. The van der Waals surface area contributed by atoms with E-state index < -0.39 is 12.1 Å². The largest absolute Gasteiger partial charge is 0.405 e. The summed E-state index contributed by atoms with van der Waals surface area (Å²) in [7, 11) is 1.59. The first-order chi connectivity index (χ1) is 6.27. The highest BCUT2D eigenvalue weighted by Gasteiger charge is 2.40. The van der Waals surface area contributed by atoms with Gasteiger partial charge in [0.1, 0.15) is 0 Å². The fourth-order valence-corrected chi connectivity index (χ4v) is 1.23. The van der Waals surface area contributed by atoms with Gasteiger partial charge in [-0.2, -0.15) is 18.4 Å². The molecule has 0 heterocycles. The van der Waals surface area contributed by atoms with Crippen LogP contribution in [0, 0.1) is 23.2 Å². The standard InChI is InChI=1S/C9H15F3N2/c1-7(2)5-14(3)6-8(4-13)9(10,11)12/h7-8H,5-6H2,1-3H3. The molecule has 0 aliphatic rings. The number of rotatable bonds is 4. The fraction of sp³-hybridized carbons (Fsp3) is 0.889. The van der Waals surface area contributed by atoms with E-state index >= 15 is 0 Å². The maximum Gasteiger partial charge on any atom is 0.405 e. The summed E-state index contributed by atoms with van der Waals surface area (Å²) in [4.78, 5) is 1.53. The highest BCUT2D eigenvalue weighted by molar-refractivity contribution is 4.90. The summed E-state index contributed by atoms with van der Waals surface area (Å²) in [5, 5.41) is 8.35. The highest BCUT2D eigenvalue weighted by Crippen LogP contribution is 2.26. The van der Waals surface area contributed by atoms with Gasteiger partial charge in [0.25, 0.3) is 0 Å². The molecular weight excluding hydrogens is 193 g/mol. The first kappa shape index (κ1) is 13.2. The molecule has 0 N–H and O–H groups in total. The van der Waals surface area contributed by atoms with Crippen molar-refractivity contribution in [2.75, 3.05) is 20.1 Å². The molecule has 0 spiro atoms. The molecule has 0 rings (SSSR count). The zero-order valence-corrected chi connectivity index (χ0v) is 8.60. The van der Waals surface area contributed by atoms with E-state index in [9.17, 15) is 13.2 Å². The van der Waals surface area contributed by atoms with Gasteiger partial charge in [-0.15, -0.1) is 0 Å². The third-order valence-electron chi connectivity index (χ3n) is 1.72. The van der Waals surface area contributed by atoms with Crippen molar-refractivity contribution in [1.29, 1.82) is 5.26 Å². The zero-order valence-electron chi connectivity index (χ0n) is 8.60. The van der Waals surface area contributed by atoms with E-state index in [2.05, 4.69) is 0 Å². The van der Waals surface area contributed by atoms with Crippen molar-refractivity contribution in [3.8, 4) is 6.07 Å². The van der Waals surface area contributed by atoms with Crippen LogP contribution in [0.4, 0.5) is 13.2 Å². The van der Waals surface area contributed by atoms with E-state index in [1.807, 2.05) is 13.8 Å². The van der Waals surface area contributed by atoms with Crippen molar-refractivity contribution < 1.29 is 13.2 Å². The highest BCUT2D eigenvalue weighted by atomic mass is 19.4. The molecule has 0 radical (unpaired) electrons. The van der Waals surface area contributed by atoms with Crippen molar-refractivity contribution in [1.82, 2.24) is 4.90 Å². The van der Waals surface area contributed by atoms with E-state index in [1.165, 1.54) is 11.0 Å². The molecule has 1 atom stereocenters.